The van der Waals surface area contributed by atoms with Gasteiger partial charge in [0.1, 0.15) is 0 Å². The van der Waals surface area contributed by atoms with Gasteiger partial charge in [-0.15, -0.1) is 0 Å². The summed E-state index contributed by atoms with van der Waals surface area (Å²) < 4.78 is 60.4. The van der Waals surface area contributed by atoms with Crippen molar-refractivity contribution >= 4 is 24.7 Å². The Kier molecular flexibility index (Phi) is 18.8. The normalized spacial score (nSPS) is 13.3. The molecule has 0 saturated heterocycles. The van der Waals surface area contributed by atoms with Gasteiger partial charge in [0.15, 0.2) is 0 Å². The zero-order valence-electron chi connectivity index (χ0n) is 28.4. The first kappa shape index (κ1) is 39.3. The topological polar surface area (TPSA) is 107 Å². The molecule has 262 valence electrons. The molecule has 0 radical (unpaired) electrons. The molecule has 2 unspecified atom stereocenters. The zero-order chi connectivity index (χ0) is 33.7. The maximum absolute atomic E-state index is 6.71. The number of hydrogen-bond acceptors (Lipinski definition) is 11. The first-order valence-corrected chi connectivity index (χ1v) is 20.0. The van der Waals surface area contributed by atoms with Gasteiger partial charge in [0.2, 0.25) is 0 Å². The Hall–Kier alpha value is -2.13. The molecule has 2 atom stereocenters. The molecule has 0 aliphatic rings. The number of nitrogens with zero attached hydrogens (tertiary/aromatic N) is 1. The third-order valence-corrected chi connectivity index (χ3v) is 13.0. The van der Waals surface area contributed by atoms with Crippen molar-refractivity contribution in [3.63, 3.8) is 0 Å². The first-order valence-electron chi connectivity index (χ1n) is 15.8. The van der Waals surface area contributed by atoms with Crippen LogP contribution in [0.4, 0.5) is 0 Å². The molecular formula is C33H51N2O9P3. The minimum atomic E-state index is -3.75. The molecule has 0 heterocycles. The Bertz CT molecular complexity index is 1350. The Morgan fingerprint density at radius 1 is 0.596 bits per heavy atom. The van der Waals surface area contributed by atoms with Gasteiger partial charge in [-0.1, -0.05) is 0 Å². The van der Waals surface area contributed by atoms with E-state index < -0.39 is 24.7 Å². The fourth-order valence-corrected chi connectivity index (χ4v) is 11.1. The van der Waals surface area contributed by atoms with Crippen molar-refractivity contribution in [3.8, 4) is 17.2 Å². The summed E-state index contributed by atoms with van der Waals surface area (Å²) in [4.78, 5) is 3.49. The summed E-state index contributed by atoms with van der Waals surface area (Å²) >= 11 is 0. The SMILES string of the molecule is CCCOP(N[PH](N=[PH](OCCC)OCc1ccccc1OC)(OCCC)OCc1ccccc1OC)OCc1ccccc1OC. The van der Waals surface area contributed by atoms with Crippen LogP contribution in [0.15, 0.2) is 77.3 Å². The average Bonchev–Trinajstić information content (AvgIpc) is 3.12. The molecule has 0 aromatic heterocycles. The fraction of sp³-hybridized carbons (Fsp3) is 0.455. The van der Waals surface area contributed by atoms with E-state index in [0.717, 1.165) is 47.5 Å². The van der Waals surface area contributed by atoms with Gasteiger partial charge < -0.3 is 0 Å². The van der Waals surface area contributed by atoms with E-state index in [2.05, 4.69) is 4.86 Å². The molecule has 0 aliphatic carbocycles. The molecule has 0 amide bonds. The molecule has 1 N–H and O–H groups in total. The van der Waals surface area contributed by atoms with Gasteiger partial charge in [-0.05, 0) is 0 Å². The molecule has 14 heteroatoms. The standard InChI is InChI=1S/C33H51N2O9P3/c1-7-22-39-45(41-25-28-16-10-13-19-31(28)36-4)34-47(43-24-9-3,44-27-30-18-12-15-21-33(30)38-6)35-46(40-23-8-2)42-26-29-17-11-14-20-32(29)37-5/h10-21,34,46-47H,7-9,22-27H2,1-6H3. The maximum atomic E-state index is 6.71. The van der Waals surface area contributed by atoms with Gasteiger partial charge in [0.25, 0.3) is 0 Å². The van der Waals surface area contributed by atoms with E-state index >= 15 is 0 Å². The van der Waals surface area contributed by atoms with Gasteiger partial charge in [0, 0.05) is 0 Å². The molecule has 3 aromatic carbocycles. The molecule has 0 saturated carbocycles. The van der Waals surface area contributed by atoms with Gasteiger partial charge in [-0.25, -0.2) is 0 Å². The molecule has 0 spiro atoms. The van der Waals surface area contributed by atoms with Gasteiger partial charge in [0.05, 0.1) is 0 Å². The number of benzene rings is 3. The molecule has 3 rings (SSSR count). The van der Waals surface area contributed by atoms with Crippen LogP contribution < -0.4 is 19.1 Å². The third kappa shape index (κ3) is 13.4. The third-order valence-electron chi connectivity index (χ3n) is 6.50. The van der Waals surface area contributed by atoms with Crippen molar-refractivity contribution < 1.29 is 41.4 Å². The first-order chi connectivity index (χ1) is 23.0. The van der Waals surface area contributed by atoms with E-state index in [-0.39, 0.29) is 19.8 Å². The summed E-state index contributed by atoms with van der Waals surface area (Å²) in [6.07, 6.45) is 2.31. The van der Waals surface area contributed by atoms with Crippen molar-refractivity contribution in [1.82, 2.24) is 4.86 Å². The van der Waals surface area contributed by atoms with E-state index in [1.807, 2.05) is 93.6 Å². The van der Waals surface area contributed by atoms with Crippen LogP contribution in [0.5, 0.6) is 17.2 Å². The predicted molar refractivity (Wildman–Crippen MR) is 191 cm³/mol. The summed E-state index contributed by atoms with van der Waals surface area (Å²) in [7, 11) is -2.89. The second-order valence-electron chi connectivity index (χ2n) is 10.1. The zero-order valence-corrected chi connectivity index (χ0v) is 31.3. The second kappa shape index (κ2) is 22.5. The second-order valence-corrected chi connectivity index (χ2v) is 15.8. The summed E-state index contributed by atoms with van der Waals surface area (Å²) in [5, 5.41) is 0. The Morgan fingerprint density at radius 2 is 1.11 bits per heavy atom. The van der Waals surface area contributed by atoms with E-state index in [0.29, 0.717) is 25.6 Å². The van der Waals surface area contributed by atoms with Gasteiger partial charge in [-0.2, -0.15) is 0 Å². The van der Waals surface area contributed by atoms with Crippen LogP contribution in [0.25, 0.3) is 0 Å². The Morgan fingerprint density at radius 3 is 1.64 bits per heavy atom. The summed E-state index contributed by atoms with van der Waals surface area (Å²) in [6, 6.07) is 23.1. The molecule has 0 aliphatic heterocycles. The van der Waals surface area contributed by atoms with Crippen LogP contribution in [0.1, 0.15) is 56.7 Å². The molecule has 11 nitrogen and oxygen atoms in total. The van der Waals surface area contributed by atoms with Crippen LogP contribution in [0.3, 0.4) is 0 Å². The summed E-state index contributed by atoms with van der Waals surface area (Å²) in [5.74, 6) is 2.15. The number of rotatable bonds is 24. The van der Waals surface area contributed by atoms with Crippen LogP contribution in [0.2, 0.25) is 0 Å². The average molecular weight is 713 g/mol. The number of nitrogens with one attached hydrogen (secondary N) is 1. The number of para-hydroxylation sites is 3. The van der Waals surface area contributed by atoms with E-state index in [1.165, 1.54) is 0 Å². The monoisotopic (exact) mass is 712 g/mol. The predicted octanol–water partition coefficient (Wildman–Crippen LogP) is 9.40. The molecule has 0 fully saturated rings. The van der Waals surface area contributed by atoms with Crippen LogP contribution >= 0.6 is 24.7 Å². The van der Waals surface area contributed by atoms with Crippen molar-refractivity contribution in [1.29, 1.82) is 0 Å². The van der Waals surface area contributed by atoms with Crippen LogP contribution in [-0.4, -0.2) is 41.2 Å². The molecule has 0 bridgehead atoms. The van der Waals surface area contributed by atoms with Crippen molar-refractivity contribution in [2.75, 3.05) is 41.2 Å². The van der Waals surface area contributed by atoms with Gasteiger partial charge in [-0.3, -0.25) is 0 Å². The molecule has 47 heavy (non-hydrogen) atoms. The summed E-state index contributed by atoms with van der Waals surface area (Å²) in [6.45, 7) is 8.06. The number of hydrogen-bond donors (Lipinski definition) is 1. The van der Waals surface area contributed by atoms with Crippen LogP contribution in [0, 0.1) is 0 Å². The summed E-state index contributed by atoms with van der Waals surface area (Å²) in [5.41, 5.74) is 2.61. The van der Waals surface area contributed by atoms with Crippen LogP contribution in [-0.2, 0) is 47.0 Å². The number of methoxy groups -OCH3 is 3. The number of ether oxygens (including phenoxy) is 3. The Labute approximate surface area is 282 Å². The van der Waals surface area contributed by atoms with Crippen molar-refractivity contribution in [2.45, 2.75) is 59.9 Å². The quantitative estimate of drug-likeness (QED) is 0.0903. The molecule has 3 aromatic rings. The van der Waals surface area contributed by atoms with E-state index in [4.69, 9.17) is 45.9 Å². The van der Waals surface area contributed by atoms with Crippen molar-refractivity contribution in [2.24, 2.45) is 4.52 Å². The van der Waals surface area contributed by atoms with E-state index in [1.54, 1.807) is 21.3 Å². The fourth-order valence-electron chi connectivity index (χ4n) is 4.15. The molecular weight excluding hydrogens is 661 g/mol. The van der Waals surface area contributed by atoms with E-state index in [9.17, 15) is 0 Å². The Balaban J connectivity index is 2.03. The minimum absolute atomic E-state index is 0.162. The van der Waals surface area contributed by atoms with Gasteiger partial charge >= 0.3 is 283 Å². The van der Waals surface area contributed by atoms with Crippen molar-refractivity contribution in [3.05, 3.63) is 89.5 Å².